The first-order chi connectivity index (χ1) is 10.2. The van der Waals surface area contributed by atoms with Crippen molar-refractivity contribution in [2.75, 3.05) is 33.4 Å². The van der Waals surface area contributed by atoms with Crippen molar-refractivity contribution in [1.29, 1.82) is 0 Å². The van der Waals surface area contributed by atoms with Crippen LogP contribution in [0.3, 0.4) is 0 Å². The van der Waals surface area contributed by atoms with Gasteiger partial charge in [0.1, 0.15) is 13.2 Å². The van der Waals surface area contributed by atoms with E-state index in [0.29, 0.717) is 6.61 Å². The van der Waals surface area contributed by atoms with Crippen LogP contribution in [0.15, 0.2) is 56.2 Å². The standard InChI is InChI=1S/C18H25NO2/c1-5-8-16-9-10-17(18(15-16)20-4)21-14-13-19(11-6-2)12-7-3/h5-7,9-10,15H,1-3,8,11-14H2,4H3/p+1. The number of benzene rings is 1. The second-order valence-corrected chi connectivity index (χ2v) is 4.81. The zero-order chi connectivity index (χ0) is 15.5. The Balaban J connectivity index is 2.59. The normalized spacial score (nSPS) is 10.2. The number of nitrogens with one attached hydrogen (secondary N) is 1. The molecule has 0 aliphatic carbocycles. The van der Waals surface area contributed by atoms with Gasteiger partial charge in [-0.25, -0.2) is 0 Å². The molecule has 0 aliphatic heterocycles. The van der Waals surface area contributed by atoms with Crippen LogP contribution in [0.2, 0.25) is 0 Å². The van der Waals surface area contributed by atoms with Gasteiger partial charge >= 0.3 is 0 Å². The number of rotatable bonds is 11. The molecule has 1 aromatic carbocycles. The molecule has 1 N–H and O–H groups in total. The van der Waals surface area contributed by atoms with E-state index in [2.05, 4.69) is 19.7 Å². The molecule has 0 heterocycles. The Bertz CT molecular complexity index is 458. The minimum Gasteiger partial charge on any atom is -0.493 e. The van der Waals surface area contributed by atoms with Crippen molar-refractivity contribution < 1.29 is 14.4 Å². The highest BCUT2D eigenvalue weighted by Gasteiger charge is 2.08. The lowest BCUT2D eigenvalue weighted by Crippen LogP contribution is -3.12. The van der Waals surface area contributed by atoms with Crippen LogP contribution in [0.4, 0.5) is 0 Å². The Morgan fingerprint density at radius 3 is 2.33 bits per heavy atom. The Hall–Kier alpha value is -2.00. The van der Waals surface area contributed by atoms with Crippen molar-refractivity contribution in [2.45, 2.75) is 6.42 Å². The average Bonchev–Trinajstić information content (AvgIpc) is 2.49. The molecule has 0 aliphatic rings. The summed E-state index contributed by atoms with van der Waals surface area (Å²) >= 11 is 0. The predicted octanol–water partition coefficient (Wildman–Crippen LogP) is 2.06. The van der Waals surface area contributed by atoms with E-state index < -0.39 is 0 Å². The first kappa shape index (κ1) is 17.1. The average molecular weight is 288 g/mol. The molecule has 0 radical (unpaired) electrons. The smallest absolute Gasteiger partial charge is 0.161 e. The van der Waals surface area contributed by atoms with E-state index in [1.165, 1.54) is 10.5 Å². The lowest BCUT2D eigenvalue weighted by atomic mass is 10.1. The molecular weight excluding hydrogens is 262 g/mol. The number of quaternary nitrogens is 1. The van der Waals surface area contributed by atoms with Crippen LogP contribution in [-0.2, 0) is 6.42 Å². The highest BCUT2D eigenvalue weighted by atomic mass is 16.5. The van der Waals surface area contributed by atoms with Crippen LogP contribution in [0, 0.1) is 0 Å². The SMILES string of the molecule is C=CCc1ccc(OCC[NH+](CC=C)CC=C)c(OC)c1. The molecule has 0 saturated carbocycles. The molecule has 1 aromatic rings. The lowest BCUT2D eigenvalue weighted by Gasteiger charge is -2.17. The van der Waals surface area contributed by atoms with Crippen LogP contribution in [0.25, 0.3) is 0 Å². The summed E-state index contributed by atoms with van der Waals surface area (Å²) in [6.45, 7) is 14.7. The number of methoxy groups -OCH3 is 1. The predicted molar refractivity (Wildman–Crippen MR) is 88.3 cm³/mol. The molecular formula is C18H26NO2+. The summed E-state index contributed by atoms with van der Waals surface area (Å²) in [5, 5.41) is 0. The van der Waals surface area contributed by atoms with Gasteiger partial charge in [0.25, 0.3) is 0 Å². The van der Waals surface area contributed by atoms with E-state index in [0.717, 1.165) is 37.6 Å². The molecule has 0 atom stereocenters. The van der Waals surface area contributed by atoms with Gasteiger partial charge < -0.3 is 14.4 Å². The van der Waals surface area contributed by atoms with Crippen molar-refractivity contribution in [3.8, 4) is 11.5 Å². The van der Waals surface area contributed by atoms with E-state index in [9.17, 15) is 0 Å². The van der Waals surface area contributed by atoms with Gasteiger partial charge in [-0.1, -0.05) is 25.3 Å². The molecule has 0 saturated heterocycles. The number of allylic oxidation sites excluding steroid dienone is 1. The van der Waals surface area contributed by atoms with Crippen LogP contribution in [0.1, 0.15) is 5.56 Å². The molecule has 0 spiro atoms. The van der Waals surface area contributed by atoms with E-state index in [-0.39, 0.29) is 0 Å². The topological polar surface area (TPSA) is 22.9 Å². The number of ether oxygens (including phenoxy) is 2. The van der Waals surface area contributed by atoms with Gasteiger partial charge in [0.15, 0.2) is 11.5 Å². The summed E-state index contributed by atoms with van der Waals surface area (Å²) in [6.07, 6.45) is 6.54. The maximum atomic E-state index is 5.84. The fraction of sp³-hybridized carbons (Fsp3) is 0.333. The Morgan fingerprint density at radius 2 is 1.76 bits per heavy atom. The molecule has 0 bridgehead atoms. The second kappa shape index (κ2) is 9.83. The summed E-state index contributed by atoms with van der Waals surface area (Å²) in [7, 11) is 1.66. The second-order valence-electron chi connectivity index (χ2n) is 4.81. The van der Waals surface area contributed by atoms with Crippen molar-refractivity contribution in [1.82, 2.24) is 0 Å². The third kappa shape index (κ3) is 5.88. The van der Waals surface area contributed by atoms with Crippen molar-refractivity contribution >= 4 is 0 Å². The third-order valence-corrected chi connectivity index (χ3v) is 3.19. The first-order valence-corrected chi connectivity index (χ1v) is 7.21. The van der Waals surface area contributed by atoms with Gasteiger partial charge in [-0.2, -0.15) is 0 Å². The quantitative estimate of drug-likeness (QED) is 0.630. The zero-order valence-corrected chi connectivity index (χ0v) is 12.9. The van der Waals surface area contributed by atoms with Crippen molar-refractivity contribution in [2.24, 2.45) is 0 Å². The van der Waals surface area contributed by atoms with E-state index in [4.69, 9.17) is 9.47 Å². The minimum atomic E-state index is 0.633. The highest BCUT2D eigenvalue weighted by Crippen LogP contribution is 2.28. The number of hydrogen-bond donors (Lipinski definition) is 1. The van der Waals surface area contributed by atoms with Gasteiger partial charge in [-0.05, 0) is 36.3 Å². The lowest BCUT2D eigenvalue weighted by molar-refractivity contribution is -0.888. The summed E-state index contributed by atoms with van der Waals surface area (Å²) in [5.41, 5.74) is 1.17. The monoisotopic (exact) mass is 288 g/mol. The fourth-order valence-electron chi connectivity index (χ4n) is 2.13. The Kier molecular flexibility index (Phi) is 7.99. The summed E-state index contributed by atoms with van der Waals surface area (Å²) in [4.78, 5) is 1.38. The molecule has 0 unspecified atom stereocenters. The first-order valence-electron chi connectivity index (χ1n) is 7.21. The highest BCUT2D eigenvalue weighted by molar-refractivity contribution is 5.43. The van der Waals surface area contributed by atoms with Crippen LogP contribution in [0.5, 0.6) is 11.5 Å². The summed E-state index contributed by atoms with van der Waals surface area (Å²) in [5.74, 6) is 1.55. The molecule has 3 nitrogen and oxygen atoms in total. The molecule has 0 aromatic heterocycles. The van der Waals surface area contributed by atoms with E-state index >= 15 is 0 Å². The fourth-order valence-corrected chi connectivity index (χ4v) is 2.13. The van der Waals surface area contributed by atoms with Crippen LogP contribution in [-0.4, -0.2) is 33.4 Å². The molecule has 0 amide bonds. The summed E-state index contributed by atoms with van der Waals surface area (Å²) < 4.78 is 11.2. The molecule has 3 heteroatoms. The molecule has 21 heavy (non-hydrogen) atoms. The maximum Gasteiger partial charge on any atom is 0.161 e. The largest absolute Gasteiger partial charge is 0.493 e. The van der Waals surface area contributed by atoms with Crippen LogP contribution < -0.4 is 14.4 Å². The Labute approximate surface area is 128 Å². The van der Waals surface area contributed by atoms with Crippen LogP contribution >= 0.6 is 0 Å². The van der Waals surface area contributed by atoms with Gasteiger partial charge in [0.2, 0.25) is 0 Å². The Morgan fingerprint density at radius 1 is 1.05 bits per heavy atom. The van der Waals surface area contributed by atoms with Gasteiger partial charge in [-0.3, -0.25) is 0 Å². The molecule has 0 fully saturated rings. The van der Waals surface area contributed by atoms with E-state index in [1.54, 1.807) is 7.11 Å². The van der Waals surface area contributed by atoms with Crippen molar-refractivity contribution in [3.63, 3.8) is 0 Å². The van der Waals surface area contributed by atoms with Gasteiger partial charge in [0, 0.05) is 0 Å². The van der Waals surface area contributed by atoms with Crippen molar-refractivity contribution in [3.05, 3.63) is 61.7 Å². The van der Waals surface area contributed by atoms with Gasteiger partial charge in [0.05, 0.1) is 20.2 Å². The van der Waals surface area contributed by atoms with Gasteiger partial charge in [-0.15, -0.1) is 6.58 Å². The third-order valence-electron chi connectivity index (χ3n) is 3.19. The molecule has 114 valence electrons. The van der Waals surface area contributed by atoms with E-state index in [1.807, 2.05) is 36.4 Å². The summed E-state index contributed by atoms with van der Waals surface area (Å²) in [6, 6.07) is 5.99. The number of hydrogen-bond acceptors (Lipinski definition) is 2. The maximum absolute atomic E-state index is 5.84. The zero-order valence-electron chi connectivity index (χ0n) is 12.9. The molecule has 1 rings (SSSR count). The minimum absolute atomic E-state index is 0.633.